The summed E-state index contributed by atoms with van der Waals surface area (Å²) in [6.07, 6.45) is 4.02. The maximum absolute atomic E-state index is 11.9. The molecule has 0 aliphatic carbocycles. The number of hydrogen-bond donors (Lipinski definition) is 2. The van der Waals surface area contributed by atoms with Gasteiger partial charge >= 0.3 is 5.97 Å². The molecule has 0 amide bonds. The third-order valence-corrected chi connectivity index (χ3v) is 5.21. The second-order valence-corrected chi connectivity index (χ2v) is 7.40. The highest BCUT2D eigenvalue weighted by Crippen LogP contribution is 2.27. The number of aliphatic hydroxyl groups is 1. The van der Waals surface area contributed by atoms with Gasteiger partial charge in [0.15, 0.2) is 5.69 Å². The zero-order chi connectivity index (χ0) is 20.8. The van der Waals surface area contributed by atoms with E-state index in [1.807, 2.05) is 24.3 Å². The number of anilines is 1. The van der Waals surface area contributed by atoms with Crippen molar-refractivity contribution in [1.29, 1.82) is 0 Å². The van der Waals surface area contributed by atoms with Crippen molar-refractivity contribution >= 4 is 38.5 Å². The van der Waals surface area contributed by atoms with Crippen molar-refractivity contribution in [2.75, 3.05) is 32.7 Å². The zero-order valence-corrected chi connectivity index (χ0v) is 17.8. The molecule has 1 atom stereocenters. The molecule has 0 saturated heterocycles. The Morgan fingerprint density at radius 1 is 1.28 bits per heavy atom. The van der Waals surface area contributed by atoms with Crippen molar-refractivity contribution < 1.29 is 19.4 Å². The van der Waals surface area contributed by atoms with Crippen molar-refractivity contribution in [2.24, 2.45) is 5.92 Å². The predicted molar refractivity (Wildman–Crippen MR) is 114 cm³/mol. The van der Waals surface area contributed by atoms with Gasteiger partial charge in [-0.1, -0.05) is 6.07 Å². The molecule has 0 saturated carbocycles. The number of hydrogen-bond acceptors (Lipinski definition) is 7. The number of methoxy groups -OCH3 is 2. The van der Waals surface area contributed by atoms with Gasteiger partial charge in [0.05, 0.1) is 18.7 Å². The molecule has 2 aromatic heterocycles. The third kappa shape index (κ3) is 5.02. The highest BCUT2D eigenvalue weighted by atomic mass is 79.9. The summed E-state index contributed by atoms with van der Waals surface area (Å²) in [6.45, 7) is 0.477. The van der Waals surface area contributed by atoms with E-state index in [2.05, 4.69) is 31.2 Å². The van der Waals surface area contributed by atoms with E-state index < -0.39 is 5.97 Å². The first-order valence-corrected chi connectivity index (χ1v) is 9.85. The van der Waals surface area contributed by atoms with Gasteiger partial charge in [-0.3, -0.25) is 4.98 Å². The van der Waals surface area contributed by atoms with Gasteiger partial charge in [0.2, 0.25) is 0 Å². The third-order valence-electron chi connectivity index (χ3n) is 4.59. The molecule has 1 aromatic carbocycles. The number of esters is 1. The van der Waals surface area contributed by atoms with Gasteiger partial charge in [0.25, 0.3) is 0 Å². The van der Waals surface area contributed by atoms with E-state index >= 15 is 0 Å². The Morgan fingerprint density at radius 2 is 2.10 bits per heavy atom. The van der Waals surface area contributed by atoms with Crippen LogP contribution in [0.5, 0.6) is 5.75 Å². The van der Waals surface area contributed by atoms with E-state index in [9.17, 15) is 9.90 Å². The van der Waals surface area contributed by atoms with Gasteiger partial charge in [0, 0.05) is 36.8 Å². The number of nitrogens with one attached hydrogen (secondary N) is 1. The lowest BCUT2D eigenvalue weighted by Crippen LogP contribution is -2.21. The van der Waals surface area contributed by atoms with Crippen molar-refractivity contribution in [1.82, 2.24) is 9.97 Å². The molecule has 0 spiro atoms. The summed E-state index contributed by atoms with van der Waals surface area (Å²) in [6, 6.07) is 9.33. The van der Waals surface area contributed by atoms with Crippen LogP contribution in [0.2, 0.25) is 0 Å². The van der Waals surface area contributed by atoms with E-state index in [4.69, 9.17) is 9.47 Å². The van der Waals surface area contributed by atoms with E-state index in [1.165, 1.54) is 7.11 Å². The molecule has 152 valence electrons. The minimum atomic E-state index is -0.506. The van der Waals surface area contributed by atoms with Gasteiger partial charge in [-0.25, -0.2) is 9.78 Å². The molecule has 2 heterocycles. The summed E-state index contributed by atoms with van der Waals surface area (Å²) in [7, 11) is 2.94. The van der Waals surface area contributed by atoms with Crippen molar-refractivity contribution in [2.45, 2.75) is 6.42 Å². The monoisotopic (exact) mass is 459 g/mol. The number of carbonyl (C=O) groups is 1. The Bertz CT molecular complexity index is 1010. The first-order chi connectivity index (χ1) is 14.0. The van der Waals surface area contributed by atoms with Crippen molar-refractivity contribution in [3.8, 4) is 5.75 Å². The number of pyridine rings is 2. The molecular formula is C21H22BrN3O4. The molecule has 0 radical (unpaired) electrons. The second kappa shape index (κ2) is 9.67. The van der Waals surface area contributed by atoms with Crippen LogP contribution >= 0.6 is 15.9 Å². The highest BCUT2D eigenvalue weighted by Gasteiger charge is 2.15. The van der Waals surface area contributed by atoms with Gasteiger partial charge < -0.3 is 19.9 Å². The van der Waals surface area contributed by atoms with Crippen LogP contribution in [0.4, 0.5) is 5.82 Å². The smallest absolute Gasteiger partial charge is 0.356 e. The maximum atomic E-state index is 11.9. The van der Waals surface area contributed by atoms with Crippen molar-refractivity contribution in [3.05, 3.63) is 58.5 Å². The summed E-state index contributed by atoms with van der Waals surface area (Å²) in [5.74, 6) is 0.736. The Morgan fingerprint density at radius 3 is 2.79 bits per heavy atom. The van der Waals surface area contributed by atoms with E-state index in [0.29, 0.717) is 18.8 Å². The molecule has 0 aliphatic heterocycles. The molecular weight excluding hydrogens is 438 g/mol. The van der Waals surface area contributed by atoms with Gasteiger partial charge in [-0.2, -0.15) is 0 Å². The molecule has 0 fully saturated rings. The summed E-state index contributed by atoms with van der Waals surface area (Å²) in [4.78, 5) is 20.5. The summed E-state index contributed by atoms with van der Waals surface area (Å²) in [5, 5.41) is 14.7. The number of ether oxygens (including phenoxy) is 2. The van der Waals surface area contributed by atoms with Crippen LogP contribution in [0, 0.1) is 5.92 Å². The normalized spacial score (nSPS) is 11.9. The lowest BCUT2D eigenvalue weighted by molar-refractivity contribution is 0.0594. The van der Waals surface area contributed by atoms with Gasteiger partial charge in [-0.15, -0.1) is 0 Å². The number of fused-ring (bicyclic) bond motifs is 1. The largest absolute Gasteiger partial charge is 0.496 e. The average molecular weight is 460 g/mol. The van der Waals surface area contributed by atoms with Crippen LogP contribution in [0.15, 0.2) is 47.2 Å². The lowest BCUT2D eigenvalue weighted by atomic mass is 10.00. The Balaban J connectivity index is 1.79. The fourth-order valence-electron chi connectivity index (χ4n) is 3.05. The number of halogens is 1. The van der Waals surface area contributed by atoms with Crippen LogP contribution in [0.3, 0.4) is 0 Å². The second-order valence-electron chi connectivity index (χ2n) is 6.55. The number of aliphatic hydroxyl groups excluding tert-OH is 1. The number of carbonyl (C=O) groups excluding carboxylic acids is 1. The SMILES string of the molecule is COC(=O)c1cc2ccncc2c(NCC(CO)Cc2ccc(OC)c(Br)c2)n1. The topological polar surface area (TPSA) is 93.6 Å². The van der Waals surface area contributed by atoms with Crippen LogP contribution in [0.25, 0.3) is 10.8 Å². The molecule has 29 heavy (non-hydrogen) atoms. The number of benzene rings is 1. The Hall–Kier alpha value is -2.71. The molecule has 7 nitrogen and oxygen atoms in total. The summed E-state index contributed by atoms with van der Waals surface area (Å²) in [5.41, 5.74) is 1.29. The molecule has 3 aromatic rings. The van der Waals surface area contributed by atoms with E-state index in [1.54, 1.807) is 25.6 Å². The fourth-order valence-corrected chi connectivity index (χ4v) is 3.63. The van der Waals surface area contributed by atoms with Crippen LogP contribution in [-0.2, 0) is 11.2 Å². The number of aromatic nitrogens is 2. The summed E-state index contributed by atoms with van der Waals surface area (Å²) >= 11 is 3.49. The minimum absolute atomic E-state index is 0.00350. The molecule has 2 N–H and O–H groups in total. The Labute approximate surface area is 177 Å². The number of rotatable bonds is 8. The lowest BCUT2D eigenvalue weighted by Gasteiger charge is -2.17. The minimum Gasteiger partial charge on any atom is -0.496 e. The van der Waals surface area contributed by atoms with Gasteiger partial charge in [0.1, 0.15) is 11.6 Å². The molecule has 8 heteroatoms. The molecule has 3 rings (SSSR count). The molecule has 1 unspecified atom stereocenters. The summed E-state index contributed by atoms with van der Waals surface area (Å²) < 4.78 is 10.9. The molecule has 0 aliphatic rings. The molecule has 0 bridgehead atoms. The zero-order valence-electron chi connectivity index (χ0n) is 16.2. The first kappa shape index (κ1) is 21.0. The van der Waals surface area contributed by atoms with Crippen LogP contribution in [-0.4, -0.2) is 48.4 Å². The standard InChI is InChI=1S/C21H22BrN3O4/c1-28-19-4-3-13(8-17(19)22)7-14(12-26)10-24-20-16-11-23-6-5-15(16)9-18(25-20)21(27)29-2/h3-6,8-9,11,14,26H,7,10,12H2,1-2H3,(H,24,25). The fraction of sp³-hybridized carbons (Fsp3) is 0.286. The Kier molecular flexibility index (Phi) is 7.00. The number of nitrogens with zero attached hydrogens (tertiary/aromatic N) is 2. The van der Waals surface area contributed by atoms with E-state index in [0.717, 1.165) is 26.6 Å². The first-order valence-electron chi connectivity index (χ1n) is 9.06. The van der Waals surface area contributed by atoms with E-state index in [-0.39, 0.29) is 18.2 Å². The quantitative estimate of drug-likeness (QED) is 0.498. The van der Waals surface area contributed by atoms with Crippen molar-refractivity contribution in [3.63, 3.8) is 0 Å². The van der Waals surface area contributed by atoms with Gasteiger partial charge in [-0.05, 0) is 57.6 Å². The van der Waals surface area contributed by atoms with Crippen LogP contribution < -0.4 is 10.1 Å². The predicted octanol–water partition coefficient (Wildman–Crippen LogP) is 3.45. The highest BCUT2D eigenvalue weighted by molar-refractivity contribution is 9.10. The average Bonchev–Trinajstić information content (AvgIpc) is 2.75. The maximum Gasteiger partial charge on any atom is 0.356 e. The van der Waals surface area contributed by atoms with Crippen LogP contribution in [0.1, 0.15) is 16.1 Å².